The fourth-order valence-corrected chi connectivity index (χ4v) is 4.39. The van der Waals surface area contributed by atoms with Crippen LogP contribution in [0.15, 0.2) is 18.2 Å². The third-order valence-electron chi connectivity index (χ3n) is 5.08. The van der Waals surface area contributed by atoms with E-state index in [0.29, 0.717) is 25.9 Å². The highest BCUT2D eigenvalue weighted by Gasteiger charge is 2.27. The summed E-state index contributed by atoms with van der Waals surface area (Å²) >= 11 is 0. The number of urea groups is 1. The van der Waals surface area contributed by atoms with Crippen molar-refractivity contribution in [2.24, 2.45) is 0 Å². The lowest BCUT2D eigenvalue weighted by atomic mass is 10.1. The first-order chi connectivity index (χ1) is 11.8. The number of benzene rings is 1. The summed E-state index contributed by atoms with van der Waals surface area (Å²) in [5.74, 6) is 0. The zero-order valence-corrected chi connectivity index (χ0v) is 15.7. The number of aryl methyl sites for hydroxylation is 2. The van der Waals surface area contributed by atoms with E-state index in [0.717, 1.165) is 18.5 Å². The van der Waals surface area contributed by atoms with Crippen LogP contribution in [0.4, 0.5) is 10.5 Å². The van der Waals surface area contributed by atoms with Crippen LogP contribution in [0.25, 0.3) is 0 Å². The molecule has 138 valence electrons. The van der Waals surface area contributed by atoms with Crippen LogP contribution < -0.4 is 10.0 Å². The number of carbonyl (C=O) groups excluding carboxylic acids is 1. The Morgan fingerprint density at radius 3 is 2.52 bits per heavy atom. The van der Waals surface area contributed by atoms with Crippen LogP contribution in [0, 0.1) is 0 Å². The first-order valence-corrected chi connectivity index (χ1v) is 10.6. The number of carbonyl (C=O) groups is 1. The van der Waals surface area contributed by atoms with Gasteiger partial charge in [0.2, 0.25) is 10.0 Å². The zero-order valence-electron chi connectivity index (χ0n) is 14.9. The number of sulfonamides is 1. The van der Waals surface area contributed by atoms with Gasteiger partial charge in [0.25, 0.3) is 0 Å². The molecule has 2 amide bonds. The average Bonchev–Trinajstić information content (AvgIpc) is 3.02. The topological polar surface area (TPSA) is 78.5 Å². The molecule has 0 spiro atoms. The number of likely N-dealkylation sites (tertiary alicyclic amines) is 1. The number of hydrogen-bond acceptors (Lipinski definition) is 3. The van der Waals surface area contributed by atoms with Gasteiger partial charge in [0, 0.05) is 24.8 Å². The molecule has 6 nitrogen and oxygen atoms in total. The molecule has 1 saturated heterocycles. The molecular formula is C18H27N3O3S. The van der Waals surface area contributed by atoms with Crippen LogP contribution >= 0.6 is 0 Å². The van der Waals surface area contributed by atoms with Gasteiger partial charge in [0.1, 0.15) is 0 Å². The van der Waals surface area contributed by atoms with Gasteiger partial charge < -0.3 is 10.2 Å². The Bertz CT molecular complexity index is 738. The monoisotopic (exact) mass is 365 g/mol. The lowest BCUT2D eigenvalue weighted by Crippen LogP contribution is -2.48. The molecule has 1 aromatic rings. The molecule has 0 unspecified atom stereocenters. The summed E-state index contributed by atoms with van der Waals surface area (Å²) in [5.41, 5.74) is 3.56. The fraction of sp³-hybridized carbons (Fsp3) is 0.611. The van der Waals surface area contributed by atoms with E-state index in [9.17, 15) is 13.2 Å². The number of nitrogens with zero attached hydrogens (tertiary/aromatic N) is 1. The minimum atomic E-state index is -3.26. The van der Waals surface area contributed by atoms with Crippen molar-refractivity contribution < 1.29 is 13.2 Å². The largest absolute Gasteiger partial charge is 0.324 e. The molecule has 2 aliphatic rings. The lowest BCUT2D eigenvalue weighted by molar-refractivity contribution is 0.193. The molecule has 1 heterocycles. The van der Waals surface area contributed by atoms with Gasteiger partial charge in [-0.15, -0.1) is 0 Å². The van der Waals surface area contributed by atoms with Crippen molar-refractivity contribution in [3.05, 3.63) is 29.3 Å². The second-order valence-corrected chi connectivity index (χ2v) is 9.51. The maximum atomic E-state index is 12.4. The number of nitrogens with one attached hydrogen (secondary N) is 2. The second kappa shape index (κ2) is 7.33. The molecule has 7 heteroatoms. The van der Waals surface area contributed by atoms with E-state index in [1.165, 1.54) is 17.5 Å². The van der Waals surface area contributed by atoms with Gasteiger partial charge in [-0.1, -0.05) is 6.07 Å². The van der Waals surface area contributed by atoms with Crippen LogP contribution in [-0.2, 0) is 22.9 Å². The molecule has 3 rings (SSSR count). The third-order valence-corrected chi connectivity index (χ3v) is 6.99. The van der Waals surface area contributed by atoms with Crippen molar-refractivity contribution in [1.82, 2.24) is 9.62 Å². The lowest BCUT2D eigenvalue weighted by Gasteiger charge is -2.32. The minimum Gasteiger partial charge on any atom is -0.324 e. The maximum Gasteiger partial charge on any atom is 0.321 e. The molecule has 0 saturated carbocycles. The van der Waals surface area contributed by atoms with Crippen LogP contribution in [0.2, 0.25) is 0 Å². The van der Waals surface area contributed by atoms with E-state index in [1.54, 1.807) is 18.7 Å². The summed E-state index contributed by atoms with van der Waals surface area (Å²) in [4.78, 5) is 14.2. The summed E-state index contributed by atoms with van der Waals surface area (Å²) in [5, 5.41) is 2.53. The van der Waals surface area contributed by atoms with Gasteiger partial charge in [0.05, 0.1) is 5.25 Å². The van der Waals surface area contributed by atoms with Gasteiger partial charge in [-0.2, -0.15) is 0 Å². The zero-order chi connectivity index (χ0) is 18.0. The van der Waals surface area contributed by atoms with Crippen LogP contribution in [0.5, 0.6) is 0 Å². The number of fused-ring (bicyclic) bond motifs is 1. The minimum absolute atomic E-state index is 0.0866. The molecule has 0 bridgehead atoms. The van der Waals surface area contributed by atoms with Gasteiger partial charge in [0.15, 0.2) is 0 Å². The highest BCUT2D eigenvalue weighted by atomic mass is 32.2. The molecule has 0 aromatic heterocycles. The number of amides is 2. The van der Waals surface area contributed by atoms with Gasteiger partial charge in [-0.05, 0) is 69.2 Å². The Morgan fingerprint density at radius 1 is 1.16 bits per heavy atom. The molecule has 1 aromatic carbocycles. The van der Waals surface area contributed by atoms with Crippen LogP contribution in [0.1, 0.15) is 44.2 Å². The smallest absolute Gasteiger partial charge is 0.321 e. The summed E-state index contributed by atoms with van der Waals surface area (Å²) in [6.07, 6.45) is 4.68. The molecule has 1 fully saturated rings. The van der Waals surface area contributed by atoms with Crippen LogP contribution in [-0.4, -0.2) is 43.7 Å². The standard InChI is InChI=1S/C18H27N3O3S/c1-13(2)25(23,24)20-16-8-10-21(11-9-16)18(22)19-17-7-6-14-4-3-5-15(14)12-17/h6-7,12-13,16,20H,3-5,8-11H2,1-2H3,(H,19,22). The van der Waals surface area contributed by atoms with E-state index >= 15 is 0 Å². The second-order valence-electron chi connectivity index (χ2n) is 7.24. The quantitative estimate of drug-likeness (QED) is 0.860. The number of hydrogen-bond donors (Lipinski definition) is 2. The summed E-state index contributed by atoms with van der Waals surface area (Å²) in [7, 11) is -3.26. The third kappa shape index (κ3) is 4.33. The van der Waals surface area contributed by atoms with Crippen molar-refractivity contribution in [3.8, 4) is 0 Å². The maximum absolute atomic E-state index is 12.4. The Kier molecular flexibility index (Phi) is 5.34. The Hall–Kier alpha value is -1.60. The first kappa shape index (κ1) is 18.2. The molecule has 1 aliphatic heterocycles. The fourth-order valence-electron chi connectivity index (χ4n) is 3.42. The van der Waals surface area contributed by atoms with E-state index < -0.39 is 15.3 Å². The van der Waals surface area contributed by atoms with Crippen molar-refractivity contribution >= 4 is 21.7 Å². The first-order valence-electron chi connectivity index (χ1n) is 9.04. The van der Waals surface area contributed by atoms with Crippen molar-refractivity contribution in [3.63, 3.8) is 0 Å². The van der Waals surface area contributed by atoms with Crippen molar-refractivity contribution in [2.75, 3.05) is 18.4 Å². The van der Waals surface area contributed by atoms with Gasteiger partial charge >= 0.3 is 6.03 Å². The predicted octanol–water partition coefficient (Wildman–Crippen LogP) is 2.50. The van der Waals surface area contributed by atoms with E-state index in [4.69, 9.17) is 0 Å². The van der Waals surface area contributed by atoms with Gasteiger partial charge in [-0.3, -0.25) is 0 Å². The molecule has 0 radical (unpaired) electrons. The predicted molar refractivity (Wildman–Crippen MR) is 99.3 cm³/mol. The van der Waals surface area contributed by atoms with Crippen molar-refractivity contribution in [2.45, 2.75) is 57.2 Å². The highest BCUT2D eigenvalue weighted by molar-refractivity contribution is 7.90. The number of anilines is 1. The SMILES string of the molecule is CC(C)S(=O)(=O)NC1CCN(C(=O)Nc2ccc3c(c2)CCC3)CC1. The Labute approximate surface area is 150 Å². The van der Waals surface area contributed by atoms with E-state index in [1.807, 2.05) is 6.07 Å². The van der Waals surface area contributed by atoms with Crippen molar-refractivity contribution in [1.29, 1.82) is 0 Å². The molecule has 2 N–H and O–H groups in total. The number of piperidine rings is 1. The average molecular weight is 365 g/mol. The molecule has 0 atom stereocenters. The molecule has 1 aliphatic carbocycles. The Morgan fingerprint density at radius 2 is 1.84 bits per heavy atom. The Balaban J connectivity index is 1.52. The van der Waals surface area contributed by atoms with E-state index in [-0.39, 0.29) is 12.1 Å². The van der Waals surface area contributed by atoms with Gasteiger partial charge in [-0.25, -0.2) is 17.9 Å². The molecule has 25 heavy (non-hydrogen) atoms. The number of rotatable bonds is 4. The van der Waals surface area contributed by atoms with Crippen LogP contribution in [0.3, 0.4) is 0 Å². The summed E-state index contributed by atoms with van der Waals surface area (Å²) in [6, 6.07) is 5.94. The highest BCUT2D eigenvalue weighted by Crippen LogP contribution is 2.25. The summed E-state index contributed by atoms with van der Waals surface area (Å²) in [6.45, 7) is 4.45. The molecular weight excluding hydrogens is 338 g/mol. The summed E-state index contributed by atoms with van der Waals surface area (Å²) < 4.78 is 26.6. The van der Waals surface area contributed by atoms with E-state index in [2.05, 4.69) is 22.2 Å². The normalized spacial score (nSPS) is 18.4.